The summed E-state index contributed by atoms with van der Waals surface area (Å²) < 4.78 is 9.10. The van der Waals surface area contributed by atoms with Crippen LogP contribution < -0.4 is 5.73 Å². The van der Waals surface area contributed by atoms with E-state index in [0.717, 1.165) is 11.0 Å². The lowest BCUT2D eigenvalue weighted by molar-refractivity contribution is 0.299. The fourth-order valence-electron chi connectivity index (χ4n) is 1.73. The van der Waals surface area contributed by atoms with Crippen LogP contribution in [0.1, 0.15) is 0 Å². The summed E-state index contributed by atoms with van der Waals surface area (Å²) >= 11 is 1.21. The molecule has 3 aromatic heterocycles. The molecule has 23 heavy (non-hydrogen) atoms. The molecule has 0 unspecified atom stereocenters. The third kappa shape index (κ3) is 2.62. The minimum Gasteiger partial charge on any atom is -0.378 e. The van der Waals surface area contributed by atoms with Gasteiger partial charge < -0.3 is 10.7 Å². The maximum atomic E-state index is 5.48. The molecule has 3 heterocycles. The predicted molar refractivity (Wildman–Crippen MR) is 77.4 cm³/mol. The fourth-order valence-corrected chi connectivity index (χ4v) is 2.45. The van der Waals surface area contributed by atoms with Crippen LogP contribution in [-0.2, 0) is 0 Å². The van der Waals surface area contributed by atoms with Crippen LogP contribution in [0.5, 0.6) is 0 Å². The lowest BCUT2D eigenvalue weighted by Crippen LogP contribution is -1.82. The molecule has 0 atom stereocenters. The highest BCUT2D eigenvalue weighted by Crippen LogP contribution is 2.32. The topological polar surface area (TPSA) is 157 Å². The molecule has 0 bridgehead atoms. The first kappa shape index (κ1) is 13.4. The van der Waals surface area contributed by atoms with Crippen LogP contribution in [0.3, 0.4) is 0 Å². The number of nitrogens with two attached hydrogens (primary N) is 1. The zero-order chi connectivity index (χ0) is 15.6. The van der Waals surface area contributed by atoms with Crippen molar-refractivity contribution in [2.75, 3.05) is 5.73 Å². The molecule has 0 radical (unpaired) electrons. The predicted octanol–water partition coefficient (Wildman–Crippen LogP) is 2.48. The monoisotopic (exact) mass is 329 g/mol. The van der Waals surface area contributed by atoms with E-state index in [0.29, 0.717) is 10.2 Å². The van der Waals surface area contributed by atoms with Crippen molar-refractivity contribution in [3.8, 4) is 0 Å². The van der Waals surface area contributed by atoms with Gasteiger partial charge in [-0.15, -0.1) is 10.2 Å². The van der Waals surface area contributed by atoms with Crippen molar-refractivity contribution < 1.29 is 9.26 Å². The van der Waals surface area contributed by atoms with Gasteiger partial charge in [-0.2, -0.15) is 0 Å². The normalized spacial score (nSPS) is 11.7. The SMILES string of the molecule is Nc1nonc1N=Nc1nonc1Sc1nc2ccccc2[nH]1. The highest BCUT2D eigenvalue weighted by atomic mass is 32.2. The van der Waals surface area contributed by atoms with E-state index < -0.39 is 0 Å². The van der Waals surface area contributed by atoms with Crippen molar-refractivity contribution in [1.82, 2.24) is 30.6 Å². The Morgan fingerprint density at radius 3 is 2.61 bits per heavy atom. The van der Waals surface area contributed by atoms with Gasteiger partial charge in [0.2, 0.25) is 5.82 Å². The quantitative estimate of drug-likeness (QED) is 0.536. The smallest absolute Gasteiger partial charge is 0.261 e. The number of azo groups is 1. The first-order valence-electron chi connectivity index (χ1n) is 6.24. The Bertz CT molecular complexity index is 955. The third-order valence-electron chi connectivity index (χ3n) is 2.74. The molecular weight excluding hydrogens is 322 g/mol. The van der Waals surface area contributed by atoms with Crippen LogP contribution in [0.4, 0.5) is 17.5 Å². The van der Waals surface area contributed by atoms with Gasteiger partial charge in [-0.25, -0.2) is 14.2 Å². The lowest BCUT2D eigenvalue weighted by atomic mass is 10.3. The van der Waals surface area contributed by atoms with Crippen molar-refractivity contribution in [2.45, 2.75) is 10.2 Å². The van der Waals surface area contributed by atoms with Gasteiger partial charge in [0.25, 0.3) is 11.6 Å². The summed E-state index contributed by atoms with van der Waals surface area (Å²) in [5, 5.41) is 23.0. The number of nitrogen functional groups attached to an aromatic ring is 1. The van der Waals surface area contributed by atoms with Crippen LogP contribution in [0, 0.1) is 0 Å². The summed E-state index contributed by atoms with van der Waals surface area (Å²) in [4.78, 5) is 7.57. The van der Waals surface area contributed by atoms with Gasteiger partial charge >= 0.3 is 0 Å². The Hall–Kier alpha value is -3.28. The molecule has 12 heteroatoms. The number of aromatic nitrogens is 6. The zero-order valence-corrected chi connectivity index (χ0v) is 12.1. The molecule has 0 saturated carbocycles. The van der Waals surface area contributed by atoms with Crippen molar-refractivity contribution in [3.63, 3.8) is 0 Å². The molecule has 0 aliphatic heterocycles. The van der Waals surface area contributed by atoms with E-state index in [2.05, 4.69) is 50.1 Å². The number of benzene rings is 1. The van der Waals surface area contributed by atoms with Crippen LogP contribution in [-0.4, -0.2) is 30.6 Å². The summed E-state index contributed by atoms with van der Waals surface area (Å²) in [5.74, 6) is 0.238. The number of rotatable bonds is 4. The number of fused-ring (bicyclic) bond motifs is 1. The molecule has 0 aliphatic rings. The maximum Gasteiger partial charge on any atom is 0.261 e. The zero-order valence-electron chi connectivity index (χ0n) is 11.2. The minimum absolute atomic E-state index is 0.0247. The van der Waals surface area contributed by atoms with Crippen LogP contribution in [0.2, 0.25) is 0 Å². The van der Waals surface area contributed by atoms with Crippen molar-refractivity contribution in [3.05, 3.63) is 24.3 Å². The largest absolute Gasteiger partial charge is 0.378 e. The minimum atomic E-state index is 0.0247. The molecular formula is C11H7N9O2S. The second kappa shape index (κ2) is 5.49. The maximum absolute atomic E-state index is 5.48. The van der Waals surface area contributed by atoms with Crippen LogP contribution in [0.15, 0.2) is 53.9 Å². The molecule has 4 rings (SSSR count). The third-order valence-corrected chi connectivity index (χ3v) is 3.58. The summed E-state index contributed by atoms with van der Waals surface area (Å²) in [6.45, 7) is 0. The first-order chi connectivity index (χ1) is 11.3. The molecule has 3 N–H and O–H groups in total. The average molecular weight is 329 g/mol. The Labute approximate surface area is 131 Å². The summed E-state index contributed by atoms with van der Waals surface area (Å²) in [6, 6.07) is 7.65. The number of nitrogens with zero attached hydrogens (tertiary/aromatic N) is 7. The number of para-hydroxylation sites is 2. The number of hydrogen-bond acceptors (Lipinski definition) is 11. The van der Waals surface area contributed by atoms with E-state index in [-0.39, 0.29) is 17.5 Å². The molecule has 0 fully saturated rings. The standard InChI is InChI=1S/C11H7N9O2S/c12-7-8(18-21-17-7)15-16-9-10(20-22-19-9)23-11-13-5-3-1-2-4-6(5)14-11/h1-4H,(H2,12,17)(H,13,14). The molecule has 1 aromatic carbocycles. The van der Waals surface area contributed by atoms with Gasteiger partial charge in [0.05, 0.1) is 11.0 Å². The van der Waals surface area contributed by atoms with E-state index in [1.54, 1.807) is 0 Å². The van der Waals surface area contributed by atoms with E-state index in [1.165, 1.54) is 11.8 Å². The van der Waals surface area contributed by atoms with Crippen molar-refractivity contribution >= 4 is 40.2 Å². The molecule has 0 spiro atoms. The van der Waals surface area contributed by atoms with Gasteiger partial charge in [0.15, 0.2) is 10.2 Å². The molecule has 0 aliphatic carbocycles. The second-order valence-electron chi connectivity index (χ2n) is 4.23. The number of nitrogens with one attached hydrogen (secondary N) is 1. The van der Waals surface area contributed by atoms with Crippen LogP contribution in [0.25, 0.3) is 11.0 Å². The summed E-state index contributed by atoms with van der Waals surface area (Å²) in [6.07, 6.45) is 0. The number of hydrogen-bond donors (Lipinski definition) is 2. The van der Waals surface area contributed by atoms with Crippen LogP contribution >= 0.6 is 11.8 Å². The fraction of sp³-hybridized carbons (Fsp3) is 0. The number of H-pyrrole nitrogens is 1. The Kier molecular flexibility index (Phi) is 3.20. The van der Waals surface area contributed by atoms with Crippen molar-refractivity contribution in [2.24, 2.45) is 10.2 Å². The van der Waals surface area contributed by atoms with E-state index >= 15 is 0 Å². The number of aromatic amines is 1. The number of imidazole rings is 1. The molecule has 4 aromatic rings. The summed E-state index contributed by atoms with van der Waals surface area (Å²) in [7, 11) is 0. The second-order valence-corrected chi connectivity index (χ2v) is 5.20. The Morgan fingerprint density at radius 1 is 1.00 bits per heavy atom. The molecule has 0 amide bonds. The average Bonchev–Trinajstić information content (AvgIpc) is 3.25. The van der Waals surface area contributed by atoms with Crippen molar-refractivity contribution in [1.29, 1.82) is 0 Å². The van der Waals surface area contributed by atoms with Gasteiger partial charge in [0.1, 0.15) is 0 Å². The van der Waals surface area contributed by atoms with E-state index in [4.69, 9.17) is 5.73 Å². The van der Waals surface area contributed by atoms with Gasteiger partial charge in [-0.3, -0.25) is 0 Å². The van der Waals surface area contributed by atoms with E-state index in [1.807, 2.05) is 24.3 Å². The van der Waals surface area contributed by atoms with Gasteiger partial charge in [0, 0.05) is 0 Å². The van der Waals surface area contributed by atoms with Gasteiger partial charge in [-0.05, 0) is 44.5 Å². The molecule has 114 valence electrons. The highest BCUT2D eigenvalue weighted by Gasteiger charge is 2.15. The highest BCUT2D eigenvalue weighted by molar-refractivity contribution is 7.99. The molecule has 0 saturated heterocycles. The lowest BCUT2D eigenvalue weighted by Gasteiger charge is -1.90. The Morgan fingerprint density at radius 2 is 1.78 bits per heavy atom. The van der Waals surface area contributed by atoms with Gasteiger partial charge in [-0.1, -0.05) is 12.1 Å². The number of anilines is 1. The van der Waals surface area contributed by atoms with E-state index in [9.17, 15) is 0 Å². The Balaban J connectivity index is 1.59. The first-order valence-corrected chi connectivity index (χ1v) is 7.06. The summed E-state index contributed by atoms with van der Waals surface area (Å²) in [5.41, 5.74) is 7.24. The molecule has 11 nitrogen and oxygen atoms in total.